The van der Waals surface area contributed by atoms with Crippen LogP contribution in [0.3, 0.4) is 0 Å². The molecule has 3 N–H and O–H groups in total. The Bertz CT molecular complexity index is 80.8. The van der Waals surface area contributed by atoms with Crippen LogP contribution in [0.2, 0.25) is 6.04 Å². The Hall–Kier alpha value is 0.0969. The van der Waals surface area contributed by atoms with Gasteiger partial charge in [-0.25, -0.2) is 0 Å². The quantitative estimate of drug-likeness (QED) is 0.378. The highest BCUT2D eigenvalue weighted by Gasteiger charge is 1.99. The van der Waals surface area contributed by atoms with Gasteiger partial charge in [0.2, 0.25) is 0 Å². The van der Waals surface area contributed by atoms with Crippen molar-refractivity contribution in [3.63, 3.8) is 0 Å². The third kappa shape index (κ3) is 10.1. The first-order chi connectivity index (χ1) is 5.27. The van der Waals surface area contributed by atoms with Crippen LogP contribution in [0.1, 0.15) is 26.2 Å². The lowest BCUT2D eigenvalue weighted by Crippen LogP contribution is -2.19. The lowest BCUT2D eigenvalue weighted by Gasteiger charge is -2.02. The van der Waals surface area contributed by atoms with Crippen LogP contribution >= 0.6 is 0 Å². The van der Waals surface area contributed by atoms with Crippen LogP contribution in [0.4, 0.5) is 0 Å². The van der Waals surface area contributed by atoms with Crippen molar-refractivity contribution in [3.8, 4) is 0 Å². The molecule has 0 aliphatic carbocycles. The normalized spacial score (nSPS) is 10.9. The van der Waals surface area contributed by atoms with E-state index in [4.69, 9.17) is 9.59 Å². The molecule has 0 aromatic heterocycles. The van der Waals surface area contributed by atoms with Gasteiger partial charge in [-0.05, 0) is 32.0 Å². The molecule has 0 aliphatic heterocycles. The van der Waals surface area contributed by atoms with Crippen molar-refractivity contribution < 1.29 is 9.59 Å². The Morgan fingerprint density at radius 3 is 2.36 bits per heavy atom. The highest BCUT2D eigenvalue weighted by molar-refractivity contribution is 6.40. The standard InChI is InChI=1S/C7H19NO2Si/c1-2-3-5-8-6-4-7-11(9)10/h8-11H,2-7H2,1H3. The summed E-state index contributed by atoms with van der Waals surface area (Å²) in [7, 11) is -2.27. The second-order valence-corrected chi connectivity index (χ2v) is 4.26. The average molecular weight is 177 g/mol. The summed E-state index contributed by atoms with van der Waals surface area (Å²) >= 11 is 0. The minimum absolute atomic E-state index is 0.610. The molecule has 0 aromatic carbocycles. The molecule has 4 heteroatoms. The van der Waals surface area contributed by atoms with Crippen molar-refractivity contribution in [1.29, 1.82) is 0 Å². The molecule has 0 atom stereocenters. The number of hydrogen-bond acceptors (Lipinski definition) is 3. The smallest absolute Gasteiger partial charge is 0.316 e. The number of unbranched alkanes of at least 4 members (excludes halogenated alkanes) is 1. The summed E-state index contributed by atoms with van der Waals surface area (Å²) in [4.78, 5) is 17.2. The van der Waals surface area contributed by atoms with Gasteiger partial charge in [0.15, 0.2) is 0 Å². The molecular weight excluding hydrogens is 158 g/mol. The van der Waals surface area contributed by atoms with E-state index in [1.807, 2.05) is 0 Å². The van der Waals surface area contributed by atoms with Crippen LogP contribution in [0.15, 0.2) is 0 Å². The van der Waals surface area contributed by atoms with E-state index in [9.17, 15) is 0 Å². The molecule has 0 heterocycles. The van der Waals surface area contributed by atoms with Gasteiger partial charge in [0.1, 0.15) is 0 Å². The molecule has 3 nitrogen and oxygen atoms in total. The minimum atomic E-state index is -2.27. The molecule has 11 heavy (non-hydrogen) atoms. The molecule has 0 amide bonds. The first-order valence-corrected chi connectivity index (χ1v) is 6.19. The zero-order valence-corrected chi connectivity index (χ0v) is 8.37. The van der Waals surface area contributed by atoms with Gasteiger partial charge >= 0.3 is 9.28 Å². The van der Waals surface area contributed by atoms with E-state index in [-0.39, 0.29) is 0 Å². The third-order valence-electron chi connectivity index (χ3n) is 1.52. The molecule has 0 saturated carbocycles. The zero-order chi connectivity index (χ0) is 8.53. The summed E-state index contributed by atoms with van der Waals surface area (Å²) in [5, 5.41) is 3.24. The molecule has 0 bridgehead atoms. The summed E-state index contributed by atoms with van der Waals surface area (Å²) in [6.07, 6.45) is 3.32. The molecule has 0 rings (SSSR count). The summed E-state index contributed by atoms with van der Waals surface area (Å²) in [6, 6.07) is 0.610. The van der Waals surface area contributed by atoms with Gasteiger partial charge < -0.3 is 14.9 Å². The van der Waals surface area contributed by atoms with E-state index in [1.165, 1.54) is 12.8 Å². The fourth-order valence-electron chi connectivity index (χ4n) is 0.836. The molecule has 0 spiro atoms. The zero-order valence-electron chi connectivity index (χ0n) is 7.21. The van der Waals surface area contributed by atoms with Crippen LogP contribution in [0.5, 0.6) is 0 Å². The maximum absolute atomic E-state index is 8.62. The Morgan fingerprint density at radius 2 is 1.82 bits per heavy atom. The second-order valence-electron chi connectivity index (χ2n) is 2.73. The largest absolute Gasteiger partial charge is 0.413 e. The molecule has 0 aromatic rings. The summed E-state index contributed by atoms with van der Waals surface area (Å²) < 4.78 is 0. The monoisotopic (exact) mass is 177 g/mol. The fraction of sp³-hybridized carbons (Fsp3) is 1.00. The van der Waals surface area contributed by atoms with E-state index in [2.05, 4.69) is 12.2 Å². The van der Waals surface area contributed by atoms with Gasteiger partial charge in [0.05, 0.1) is 0 Å². The molecule has 0 aliphatic rings. The predicted octanol–water partition coefficient (Wildman–Crippen LogP) is -0.0287. The van der Waals surface area contributed by atoms with E-state index < -0.39 is 9.28 Å². The second kappa shape index (κ2) is 8.20. The Labute approximate surface area is 70.3 Å². The number of nitrogens with one attached hydrogen (secondary N) is 1. The van der Waals surface area contributed by atoms with Crippen molar-refractivity contribution >= 4 is 9.28 Å². The van der Waals surface area contributed by atoms with Gasteiger partial charge in [-0.1, -0.05) is 13.3 Å². The maximum atomic E-state index is 8.62. The van der Waals surface area contributed by atoms with E-state index in [0.29, 0.717) is 6.04 Å². The first kappa shape index (κ1) is 11.1. The summed E-state index contributed by atoms with van der Waals surface area (Å²) in [5.74, 6) is 0. The molecule has 0 unspecified atom stereocenters. The van der Waals surface area contributed by atoms with E-state index >= 15 is 0 Å². The van der Waals surface area contributed by atoms with Crippen molar-refractivity contribution in [3.05, 3.63) is 0 Å². The molecule has 68 valence electrons. The fourth-order valence-corrected chi connectivity index (χ4v) is 1.41. The topological polar surface area (TPSA) is 52.5 Å². The van der Waals surface area contributed by atoms with Gasteiger partial charge in [-0.2, -0.15) is 0 Å². The number of hydrogen-bond donors (Lipinski definition) is 3. The molecule has 0 radical (unpaired) electrons. The maximum Gasteiger partial charge on any atom is 0.316 e. The molecule has 0 saturated heterocycles. The van der Waals surface area contributed by atoms with Crippen LogP contribution < -0.4 is 5.32 Å². The van der Waals surface area contributed by atoms with Gasteiger partial charge in [0.25, 0.3) is 0 Å². The molecular formula is C7H19NO2Si. The minimum Gasteiger partial charge on any atom is -0.413 e. The van der Waals surface area contributed by atoms with Crippen molar-refractivity contribution in [1.82, 2.24) is 5.32 Å². The number of rotatable bonds is 7. The Kier molecular flexibility index (Phi) is 8.27. The van der Waals surface area contributed by atoms with Crippen LogP contribution in [0.25, 0.3) is 0 Å². The van der Waals surface area contributed by atoms with Gasteiger partial charge in [-0.3, -0.25) is 0 Å². The van der Waals surface area contributed by atoms with Crippen molar-refractivity contribution in [2.45, 2.75) is 32.2 Å². The van der Waals surface area contributed by atoms with Crippen LogP contribution in [-0.4, -0.2) is 32.0 Å². The van der Waals surface area contributed by atoms with Crippen molar-refractivity contribution in [2.24, 2.45) is 0 Å². The predicted molar refractivity (Wildman–Crippen MR) is 48.8 cm³/mol. The SMILES string of the molecule is CCCCNCCC[SiH](O)O. The highest BCUT2D eigenvalue weighted by atomic mass is 28.3. The average Bonchev–Trinajstić information content (AvgIpc) is 1.96. The van der Waals surface area contributed by atoms with Gasteiger partial charge in [0, 0.05) is 0 Å². The molecule has 0 fully saturated rings. The van der Waals surface area contributed by atoms with Crippen molar-refractivity contribution in [2.75, 3.05) is 13.1 Å². The third-order valence-corrected chi connectivity index (χ3v) is 2.45. The highest BCUT2D eigenvalue weighted by Crippen LogP contribution is 1.90. The Morgan fingerprint density at radius 1 is 1.18 bits per heavy atom. The lowest BCUT2D eigenvalue weighted by atomic mass is 10.3. The van der Waals surface area contributed by atoms with Gasteiger partial charge in [-0.15, -0.1) is 0 Å². The first-order valence-electron chi connectivity index (χ1n) is 4.34. The Balaban J connectivity index is 2.80. The van der Waals surface area contributed by atoms with Crippen LogP contribution in [-0.2, 0) is 0 Å². The summed E-state index contributed by atoms with van der Waals surface area (Å²) in [6.45, 7) is 4.14. The van der Waals surface area contributed by atoms with E-state index in [1.54, 1.807) is 0 Å². The van der Waals surface area contributed by atoms with E-state index in [0.717, 1.165) is 19.5 Å². The lowest BCUT2D eigenvalue weighted by molar-refractivity contribution is 0.402. The summed E-state index contributed by atoms with van der Waals surface area (Å²) in [5.41, 5.74) is 0. The van der Waals surface area contributed by atoms with Crippen LogP contribution in [0, 0.1) is 0 Å².